The highest BCUT2D eigenvalue weighted by molar-refractivity contribution is 9.10. The standard InChI is InChI=1S/C14H11BrF3N/c1-19-14(8-2-4-12(17)13(18)6-8)10-7-9(15)3-5-11(10)16/h2-7,14,19H,1H3. The zero-order valence-electron chi connectivity index (χ0n) is 10.1. The van der Waals surface area contributed by atoms with Crippen molar-refractivity contribution in [1.82, 2.24) is 5.32 Å². The second-order valence-electron chi connectivity index (χ2n) is 4.06. The van der Waals surface area contributed by atoms with E-state index in [4.69, 9.17) is 0 Å². The molecule has 0 aliphatic rings. The van der Waals surface area contributed by atoms with Crippen LogP contribution >= 0.6 is 15.9 Å². The monoisotopic (exact) mass is 329 g/mol. The molecule has 2 aromatic rings. The predicted octanol–water partition coefficient (Wildman–Crippen LogP) is 4.18. The number of benzene rings is 2. The van der Waals surface area contributed by atoms with Crippen molar-refractivity contribution >= 4 is 15.9 Å². The molecule has 0 saturated carbocycles. The molecule has 100 valence electrons. The van der Waals surface area contributed by atoms with E-state index in [0.29, 0.717) is 15.6 Å². The zero-order chi connectivity index (χ0) is 14.0. The van der Waals surface area contributed by atoms with Gasteiger partial charge in [0.1, 0.15) is 5.82 Å². The summed E-state index contributed by atoms with van der Waals surface area (Å²) < 4.78 is 40.8. The van der Waals surface area contributed by atoms with Crippen LogP contribution < -0.4 is 5.32 Å². The lowest BCUT2D eigenvalue weighted by Crippen LogP contribution is -2.19. The third-order valence-electron chi connectivity index (χ3n) is 2.83. The topological polar surface area (TPSA) is 12.0 Å². The molecule has 1 unspecified atom stereocenters. The van der Waals surface area contributed by atoms with Crippen molar-refractivity contribution in [1.29, 1.82) is 0 Å². The van der Waals surface area contributed by atoms with E-state index < -0.39 is 23.5 Å². The first-order chi connectivity index (χ1) is 9.02. The molecule has 0 aliphatic heterocycles. The van der Waals surface area contributed by atoms with E-state index in [0.717, 1.165) is 12.1 Å². The molecule has 0 spiro atoms. The third kappa shape index (κ3) is 2.98. The summed E-state index contributed by atoms with van der Waals surface area (Å²) in [7, 11) is 1.63. The van der Waals surface area contributed by atoms with Gasteiger partial charge in [-0.15, -0.1) is 0 Å². The van der Waals surface area contributed by atoms with Crippen molar-refractivity contribution in [2.75, 3.05) is 7.05 Å². The van der Waals surface area contributed by atoms with E-state index in [-0.39, 0.29) is 0 Å². The van der Waals surface area contributed by atoms with E-state index >= 15 is 0 Å². The first kappa shape index (κ1) is 14.1. The van der Waals surface area contributed by atoms with Crippen LogP contribution in [0.3, 0.4) is 0 Å². The van der Waals surface area contributed by atoms with Gasteiger partial charge in [0.05, 0.1) is 6.04 Å². The molecule has 1 N–H and O–H groups in total. The first-order valence-electron chi connectivity index (χ1n) is 5.60. The molecule has 0 heterocycles. The molecule has 0 aromatic heterocycles. The minimum Gasteiger partial charge on any atom is -0.309 e. The van der Waals surface area contributed by atoms with Gasteiger partial charge in [0.25, 0.3) is 0 Å². The maximum Gasteiger partial charge on any atom is 0.159 e. The molecule has 2 aromatic carbocycles. The van der Waals surface area contributed by atoms with Crippen LogP contribution in [0.4, 0.5) is 13.2 Å². The highest BCUT2D eigenvalue weighted by Gasteiger charge is 2.18. The summed E-state index contributed by atoms with van der Waals surface area (Å²) in [6.07, 6.45) is 0. The fraction of sp³-hybridized carbons (Fsp3) is 0.143. The summed E-state index contributed by atoms with van der Waals surface area (Å²) in [6.45, 7) is 0. The van der Waals surface area contributed by atoms with Gasteiger partial charge in [0.2, 0.25) is 0 Å². The van der Waals surface area contributed by atoms with Crippen molar-refractivity contribution in [3.63, 3.8) is 0 Å². The molecule has 0 amide bonds. The molecular weight excluding hydrogens is 319 g/mol. The van der Waals surface area contributed by atoms with Crippen molar-refractivity contribution in [2.24, 2.45) is 0 Å². The summed E-state index contributed by atoms with van der Waals surface area (Å²) in [5.41, 5.74) is 0.821. The Hall–Kier alpha value is -1.33. The predicted molar refractivity (Wildman–Crippen MR) is 71.4 cm³/mol. The van der Waals surface area contributed by atoms with E-state index in [1.165, 1.54) is 12.1 Å². The van der Waals surface area contributed by atoms with Gasteiger partial charge in [0.15, 0.2) is 11.6 Å². The maximum absolute atomic E-state index is 13.8. The Labute approximate surface area is 117 Å². The molecule has 0 radical (unpaired) electrons. The van der Waals surface area contributed by atoms with Gasteiger partial charge in [-0.05, 0) is 42.9 Å². The molecule has 0 saturated heterocycles. The molecule has 1 atom stereocenters. The summed E-state index contributed by atoms with van der Waals surface area (Å²) in [5, 5.41) is 2.90. The van der Waals surface area contributed by atoms with Gasteiger partial charge in [0, 0.05) is 10.0 Å². The Morgan fingerprint density at radius 2 is 1.63 bits per heavy atom. The lowest BCUT2D eigenvalue weighted by Gasteiger charge is -2.18. The normalized spacial score (nSPS) is 12.5. The fourth-order valence-electron chi connectivity index (χ4n) is 1.93. The summed E-state index contributed by atoms with van der Waals surface area (Å²) in [5.74, 6) is -2.28. The third-order valence-corrected chi connectivity index (χ3v) is 3.33. The van der Waals surface area contributed by atoms with Crippen LogP contribution in [-0.4, -0.2) is 7.05 Å². The fourth-order valence-corrected chi connectivity index (χ4v) is 2.31. The average Bonchev–Trinajstić information content (AvgIpc) is 2.38. The second-order valence-corrected chi connectivity index (χ2v) is 4.98. The van der Waals surface area contributed by atoms with Gasteiger partial charge in [-0.2, -0.15) is 0 Å². The Bertz CT molecular complexity index is 601. The van der Waals surface area contributed by atoms with Crippen LogP contribution in [-0.2, 0) is 0 Å². The Balaban J connectivity index is 2.49. The molecule has 19 heavy (non-hydrogen) atoms. The minimum atomic E-state index is -0.951. The SMILES string of the molecule is CNC(c1ccc(F)c(F)c1)c1cc(Br)ccc1F. The number of hydrogen-bond acceptors (Lipinski definition) is 1. The highest BCUT2D eigenvalue weighted by Crippen LogP contribution is 2.27. The van der Waals surface area contributed by atoms with Gasteiger partial charge >= 0.3 is 0 Å². The van der Waals surface area contributed by atoms with Gasteiger partial charge < -0.3 is 5.32 Å². The molecular formula is C14H11BrF3N. The zero-order valence-corrected chi connectivity index (χ0v) is 11.6. The van der Waals surface area contributed by atoms with Crippen LogP contribution in [0.5, 0.6) is 0 Å². The van der Waals surface area contributed by atoms with Crippen molar-refractivity contribution < 1.29 is 13.2 Å². The molecule has 5 heteroatoms. The van der Waals surface area contributed by atoms with Gasteiger partial charge in [-0.1, -0.05) is 22.0 Å². The van der Waals surface area contributed by atoms with Crippen LogP contribution in [0.15, 0.2) is 40.9 Å². The lowest BCUT2D eigenvalue weighted by molar-refractivity contribution is 0.503. The summed E-state index contributed by atoms with van der Waals surface area (Å²) >= 11 is 3.26. The molecule has 0 aliphatic carbocycles. The maximum atomic E-state index is 13.8. The highest BCUT2D eigenvalue weighted by atomic mass is 79.9. The summed E-state index contributed by atoms with van der Waals surface area (Å²) in [4.78, 5) is 0. The van der Waals surface area contributed by atoms with Gasteiger partial charge in [-0.3, -0.25) is 0 Å². The van der Waals surface area contributed by atoms with Crippen LogP contribution in [0.2, 0.25) is 0 Å². The average molecular weight is 330 g/mol. The Morgan fingerprint density at radius 1 is 0.947 bits per heavy atom. The minimum absolute atomic E-state index is 0.364. The number of hydrogen-bond donors (Lipinski definition) is 1. The number of rotatable bonds is 3. The van der Waals surface area contributed by atoms with Crippen LogP contribution in [0.25, 0.3) is 0 Å². The number of nitrogens with one attached hydrogen (secondary N) is 1. The summed E-state index contributed by atoms with van der Waals surface area (Å²) in [6, 6.07) is 7.49. The van der Waals surface area contributed by atoms with Crippen molar-refractivity contribution in [3.8, 4) is 0 Å². The first-order valence-corrected chi connectivity index (χ1v) is 6.39. The number of halogens is 4. The van der Waals surface area contributed by atoms with Crippen LogP contribution in [0, 0.1) is 17.5 Å². The lowest BCUT2D eigenvalue weighted by atomic mass is 9.98. The van der Waals surface area contributed by atoms with Crippen LogP contribution in [0.1, 0.15) is 17.2 Å². The molecule has 2 rings (SSSR count). The quantitative estimate of drug-likeness (QED) is 0.890. The van der Waals surface area contributed by atoms with Crippen molar-refractivity contribution in [3.05, 3.63) is 69.4 Å². The van der Waals surface area contributed by atoms with Gasteiger partial charge in [-0.25, -0.2) is 13.2 Å². The molecule has 1 nitrogen and oxygen atoms in total. The van der Waals surface area contributed by atoms with Crippen molar-refractivity contribution in [2.45, 2.75) is 6.04 Å². The largest absolute Gasteiger partial charge is 0.309 e. The molecule has 0 bridgehead atoms. The Kier molecular flexibility index (Phi) is 4.27. The van der Waals surface area contributed by atoms with E-state index in [2.05, 4.69) is 21.2 Å². The second kappa shape index (κ2) is 5.75. The Morgan fingerprint density at radius 3 is 2.26 bits per heavy atom. The van der Waals surface area contributed by atoms with E-state index in [1.807, 2.05) is 0 Å². The molecule has 0 fully saturated rings. The van der Waals surface area contributed by atoms with E-state index in [9.17, 15) is 13.2 Å². The smallest absolute Gasteiger partial charge is 0.159 e. The van der Waals surface area contributed by atoms with E-state index in [1.54, 1.807) is 19.2 Å².